The highest BCUT2D eigenvalue weighted by molar-refractivity contribution is 5.68. The molecule has 1 fully saturated rings. The fourth-order valence-corrected chi connectivity index (χ4v) is 2.79. The first kappa shape index (κ1) is 16.0. The first-order valence-corrected chi connectivity index (χ1v) is 7.81. The van der Waals surface area contributed by atoms with Crippen LogP contribution >= 0.6 is 0 Å². The molecule has 8 nitrogen and oxygen atoms in total. The molecule has 0 saturated carbocycles. The van der Waals surface area contributed by atoms with Gasteiger partial charge in [-0.25, -0.2) is 9.48 Å². The van der Waals surface area contributed by atoms with Crippen molar-refractivity contribution in [1.82, 2.24) is 14.7 Å². The van der Waals surface area contributed by atoms with Crippen molar-refractivity contribution in [1.29, 1.82) is 0 Å². The maximum atomic E-state index is 12.4. The zero-order chi connectivity index (χ0) is 16.9. The Labute approximate surface area is 138 Å². The van der Waals surface area contributed by atoms with E-state index in [1.165, 1.54) is 17.1 Å². The molecular formula is C16H18N4O4. The molecule has 8 heteroatoms. The minimum atomic E-state index is -0.496. The van der Waals surface area contributed by atoms with E-state index in [0.717, 1.165) is 18.4 Å². The number of hydrogen-bond acceptors (Lipinski definition) is 5. The van der Waals surface area contributed by atoms with Crippen molar-refractivity contribution in [3.8, 4) is 0 Å². The Morgan fingerprint density at radius 1 is 1.33 bits per heavy atom. The second-order valence-electron chi connectivity index (χ2n) is 5.65. The van der Waals surface area contributed by atoms with Crippen LogP contribution in [0, 0.1) is 10.1 Å². The van der Waals surface area contributed by atoms with Crippen molar-refractivity contribution in [3.05, 3.63) is 58.4 Å². The molecule has 1 amide bonds. The number of amides is 1. The van der Waals surface area contributed by atoms with E-state index < -0.39 is 11.0 Å². The van der Waals surface area contributed by atoms with Gasteiger partial charge in [0.05, 0.1) is 4.92 Å². The van der Waals surface area contributed by atoms with Crippen molar-refractivity contribution >= 4 is 11.8 Å². The van der Waals surface area contributed by atoms with Gasteiger partial charge in [-0.05, 0) is 24.8 Å². The van der Waals surface area contributed by atoms with Crippen molar-refractivity contribution < 1.29 is 14.5 Å². The number of benzene rings is 1. The Morgan fingerprint density at radius 3 is 2.83 bits per heavy atom. The molecule has 1 aliphatic heterocycles. The Bertz CT molecular complexity index is 716. The summed E-state index contributed by atoms with van der Waals surface area (Å²) in [5, 5.41) is 14.9. The fourth-order valence-electron chi connectivity index (χ4n) is 2.79. The van der Waals surface area contributed by atoms with Crippen LogP contribution in [0.25, 0.3) is 0 Å². The van der Waals surface area contributed by atoms with Gasteiger partial charge in [0.15, 0.2) is 0 Å². The number of aromatic nitrogens is 2. The molecule has 0 N–H and O–H groups in total. The summed E-state index contributed by atoms with van der Waals surface area (Å²) in [5.41, 5.74) is 0.826. The minimum absolute atomic E-state index is 0.0850. The summed E-state index contributed by atoms with van der Waals surface area (Å²) in [4.78, 5) is 24.3. The summed E-state index contributed by atoms with van der Waals surface area (Å²) < 4.78 is 6.86. The van der Waals surface area contributed by atoms with Crippen molar-refractivity contribution in [2.45, 2.75) is 32.0 Å². The molecule has 126 valence electrons. The van der Waals surface area contributed by atoms with E-state index in [0.29, 0.717) is 13.0 Å². The first-order valence-electron chi connectivity index (χ1n) is 7.81. The molecule has 1 saturated heterocycles. The number of ether oxygens (including phenoxy) is 1. The zero-order valence-corrected chi connectivity index (χ0v) is 13.1. The number of hydrogen-bond donors (Lipinski definition) is 0. The summed E-state index contributed by atoms with van der Waals surface area (Å²) in [7, 11) is 0. The van der Waals surface area contributed by atoms with Gasteiger partial charge in [-0.3, -0.25) is 15.0 Å². The molecule has 0 bridgehead atoms. The van der Waals surface area contributed by atoms with Crippen molar-refractivity contribution in [2.75, 3.05) is 6.54 Å². The lowest BCUT2D eigenvalue weighted by Crippen LogP contribution is -2.41. The third-order valence-electron chi connectivity index (χ3n) is 4.01. The van der Waals surface area contributed by atoms with Gasteiger partial charge in [-0.2, -0.15) is 5.10 Å². The summed E-state index contributed by atoms with van der Waals surface area (Å²) >= 11 is 0. The summed E-state index contributed by atoms with van der Waals surface area (Å²) in [5.74, 6) is 0. The van der Waals surface area contributed by atoms with Crippen LogP contribution in [0.2, 0.25) is 0 Å². The van der Waals surface area contributed by atoms with Crippen LogP contribution in [0.3, 0.4) is 0 Å². The van der Waals surface area contributed by atoms with E-state index in [2.05, 4.69) is 5.10 Å². The molecule has 3 rings (SSSR count). The predicted octanol–water partition coefficient (Wildman–Crippen LogP) is 3.11. The van der Waals surface area contributed by atoms with E-state index in [1.807, 2.05) is 30.3 Å². The SMILES string of the molecule is O=C(OCc1ccccc1)N1CCCCC1n1cc([N+](=O)[O-])cn1. The van der Waals surface area contributed by atoms with Gasteiger partial charge >= 0.3 is 11.8 Å². The van der Waals surface area contributed by atoms with Gasteiger partial charge in [0, 0.05) is 6.54 Å². The maximum Gasteiger partial charge on any atom is 0.411 e. The quantitative estimate of drug-likeness (QED) is 0.634. The van der Waals surface area contributed by atoms with E-state index in [1.54, 1.807) is 4.90 Å². The lowest BCUT2D eigenvalue weighted by molar-refractivity contribution is -0.385. The Hall–Kier alpha value is -2.90. The number of piperidine rings is 1. The molecule has 0 aliphatic carbocycles. The van der Waals surface area contributed by atoms with Gasteiger partial charge < -0.3 is 4.74 Å². The van der Waals surface area contributed by atoms with E-state index >= 15 is 0 Å². The molecule has 24 heavy (non-hydrogen) atoms. The standard InChI is InChI=1S/C16H18N4O4/c21-16(24-12-13-6-2-1-3-7-13)18-9-5-4-8-15(18)19-11-14(10-17-19)20(22)23/h1-3,6-7,10-11,15H,4-5,8-9,12H2. The van der Waals surface area contributed by atoms with Crippen LogP contribution in [0.1, 0.15) is 31.0 Å². The highest BCUT2D eigenvalue weighted by atomic mass is 16.6. The van der Waals surface area contributed by atoms with E-state index in [-0.39, 0.29) is 18.5 Å². The van der Waals surface area contributed by atoms with Crippen LogP contribution < -0.4 is 0 Å². The number of rotatable bonds is 4. The fraction of sp³-hybridized carbons (Fsp3) is 0.375. The van der Waals surface area contributed by atoms with Gasteiger partial charge in [0.2, 0.25) is 0 Å². The van der Waals surface area contributed by atoms with Crippen molar-refractivity contribution in [3.63, 3.8) is 0 Å². The summed E-state index contributed by atoms with van der Waals surface area (Å²) in [6.45, 7) is 0.744. The van der Waals surface area contributed by atoms with Crippen LogP contribution in [-0.2, 0) is 11.3 Å². The number of carbonyl (C=O) groups excluding carboxylic acids is 1. The van der Waals surface area contributed by atoms with Crippen molar-refractivity contribution in [2.24, 2.45) is 0 Å². The maximum absolute atomic E-state index is 12.4. The van der Waals surface area contributed by atoms with Crippen LogP contribution in [0.5, 0.6) is 0 Å². The average molecular weight is 330 g/mol. The predicted molar refractivity (Wildman–Crippen MR) is 85.1 cm³/mol. The van der Waals surface area contributed by atoms with Gasteiger partial charge in [-0.1, -0.05) is 30.3 Å². The highest BCUT2D eigenvalue weighted by Crippen LogP contribution is 2.27. The van der Waals surface area contributed by atoms with Crippen LogP contribution in [-0.4, -0.2) is 32.2 Å². The molecule has 2 aromatic rings. The van der Waals surface area contributed by atoms with Gasteiger partial charge in [0.25, 0.3) is 0 Å². The number of carbonyl (C=O) groups is 1. The normalized spacial score (nSPS) is 17.5. The Morgan fingerprint density at radius 2 is 2.12 bits per heavy atom. The van der Waals surface area contributed by atoms with E-state index in [9.17, 15) is 14.9 Å². The number of nitrogens with zero attached hydrogens (tertiary/aromatic N) is 4. The monoisotopic (exact) mass is 330 g/mol. The first-order chi connectivity index (χ1) is 11.6. The lowest BCUT2D eigenvalue weighted by atomic mass is 10.1. The zero-order valence-electron chi connectivity index (χ0n) is 13.1. The van der Waals surface area contributed by atoms with Gasteiger partial charge in [-0.15, -0.1) is 0 Å². The third-order valence-corrected chi connectivity index (χ3v) is 4.01. The molecule has 1 aromatic carbocycles. The summed E-state index contributed by atoms with van der Waals surface area (Å²) in [6, 6.07) is 9.44. The number of likely N-dealkylation sites (tertiary alicyclic amines) is 1. The highest BCUT2D eigenvalue weighted by Gasteiger charge is 2.30. The van der Waals surface area contributed by atoms with Crippen LogP contribution in [0.15, 0.2) is 42.7 Å². The van der Waals surface area contributed by atoms with Crippen LogP contribution in [0.4, 0.5) is 10.5 Å². The average Bonchev–Trinajstić information content (AvgIpc) is 3.11. The smallest absolute Gasteiger partial charge is 0.411 e. The molecule has 1 atom stereocenters. The second kappa shape index (κ2) is 7.12. The Balaban J connectivity index is 1.69. The van der Waals surface area contributed by atoms with E-state index in [4.69, 9.17) is 4.74 Å². The molecule has 1 aliphatic rings. The van der Waals surface area contributed by atoms with Gasteiger partial charge in [0.1, 0.15) is 25.2 Å². The summed E-state index contributed by atoms with van der Waals surface area (Å²) in [6.07, 6.45) is 4.27. The molecule has 0 radical (unpaired) electrons. The largest absolute Gasteiger partial charge is 0.444 e. The molecular weight excluding hydrogens is 312 g/mol. The Kier molecular flexibility index (Phi) is 4.74. The molecule has 2 heterocycles. The molecule has 0 spiro atoms. The second-order valence-corrected chi connectivity index (χ2v) is 5.65. The number of nitro groups is 1. The lowest BCUT2D eigenvalue weighted by Gasteiger charge is -2.34. The third kappa shape index (κ3) is 3.53. The minimum Gasteiger partial charge on any atom is -0.444 e. The topological polar surface area (TPSA) is 90.5 Å². The molecule has 1 unspecified atom stereocenters. The molecule has 1 aromatic heterocycles.